The lowest BCUT2D eigenvalue weighted by Gasteiger charge is -2.21. The predicted molar refractivity (Wildman–Crippen MR) is 343 cm³/mol. The van der Waals surface area contributed by atoms with E-state index in [1.165, 1.54) is 29.7 Å². The topological polar surface area (TPSA) is 35.9 Å². The average molecular weight is 1100 g/mol. The van der Waals surface area contributed by atoms with Gasteiger partial charge in [0.15, 0.2) is 0 Å². The summed E-state index contributed by atoms with van der Waals surface area (Å²) in [5.41, 5.74) is -10.1. The molecule has 0 bridgehead atoms. The van der Waals surface area contributed by atoms with Gasteiger partial charge in [0.1, 0.15) is 17.3 Å². The van der Waals surface area contributed by atoms with E-state index in [1.54, 1.807) is 36.5 Å². The molecule has 3 aromatic heterocycles. The Hall–Kier alpha value is -10.4. The van der Waals surface area contributed by atoms with Gasteiger partial charge in [-0.15, -0.1) is 0 Å². The molecule has 11 aromatic carbocycles. The summed E-state index contributed by atoms with van der Waals surface area (Å²) < 4.78 is 292. The summed E-state index contributed by atoms with van der Waals surface area (Å²) in [6.45, 7) is 4.17. The van der Waals surface area contributed by atoms with E-state index in [0.717, 1.165) is 33.4 Å². The summed E-state index contributed by atoms with van der Waals surface area (Å²) in [5.74, 6) is 1.18. The molecule has 83 heavy (non-hydrogen) atoms. The van der Waals surface area contributed by atoms with Crippen LogP contribution in [-0.4, -0.2) is 14.1 Å². The molecule has 0 N–H and O–H groups in total. The molecule has 0 unspecified atom stereocenters. The minimum Gasteiger partial charge on any atom is -0.458 e. The molecule has 0 saturated heterocycles. The van der Waals surface area contributed by atoms with E-state index >= 15 is 0 Å². The fraction of sp³-hybridized carbons (Fsp3) is 0.0769. The van der Waals surface area contributed by atoms with Crippen LogP contribution in [0.2, 0.25) is 0 Å². The predicted octanol–water partition coefficient (Wildman–Crippen LogP) is 19.8. The number of pyridine rings is 1. The molecule has 5 nitrogen and oxygen atoms in total. The minimum atomic E-state index is -3.36. The highest BCUT2D eigenvalue weighted by Gasteiger charge is 2.23. The maximum absolute atomic E-state index is 10.5. The van der Waals surface area contributed by atoms with Crippen LogP contribution < -0.4 is 9.30 Å². The fourth-order valence-corrected chi connectivity index (χ4v) is 10.1. The van der Waals surface area contributed by atoms with Crippen LogP contribution in [0.25, 0.3) is 122 Å². The quantitative estimate of drug-likeness (QED) is 0.0956. The highest BCUT2D eigenvalue weighted by Crippen LogP contribution is 2.46. The molecule has 0 atom stereocenters. The van der Waals surface area contributed by atoms with Crippen molar-refractivity contribution in [2.45, 2.75) is 33.1 Å². The van der Waals surface area contributed by atoms with Gasteiger partial charge in [-0.3, -0.25) is 4.57 Å². The van der Waals surface area contributed by atoms with Gasteiger partial charge < -0.3 is 13.9 Å². The Morgan fingerprint density at radius 2 is 1.07 bits per heavy atom. The molecule has 0 aliphatic heterocycles. The number of benzene rings is 11. The highest BCUT2D eigenvalue weighted by atomic mass is 16.5. The molecule has 0 spiro atoms. The Morgan fingerprint density at radius 3 is 1.77 bits per heavy atom. The molecular weight excluding hydrogens is 1010 g/mol. The first-order valence-corrected chi connectivity index (χ1v) is 26.1. The van der Waals surface area contributed by atoms with Crippen molar-refractivity contribution in [2.75, 3.05) is 0 Å². The van der Waals surface area contributed by atoms with E-state index in [1.807, 2.05) is 53.1 Å². The second kappa shape index (κ2) is 20.9. The molecule has 0 aliphatic carbocycles. The third kappa shape index (κ3) is 9.66. The molecule has 0 saturated carbocycles. The first kappa shape index (κ1) is 27.9. The monoisotopic (exact) mass is 1100 g/mol. The van der Waals surface area contributed by atoms with E-state index in [4.69, 9.17) is 24.8 Å². The number of rotatable bonds is 11. The van der Waals surface area contributed by atoms with Gasteiger partial charge >= 0.3 is 0 Å². The summed E-state index contributed by atoms with van der Waals surface area (Å²) >= 11 is 0. The smallest absolute Gasteiger partial charge is 0.244 e. The van der Waals surface area contributed by atoms with Gasteiger partial charge in [-0.2, -0.15) is 0 Å². The fourth-order valence-electron chi connectivity index (χ4n) is 10.1. The first-order valence-electron chi connectivity index (χ1n) is 41.1. The molecule has 14 rings (SSSR count). The maximum atomic E-state index is 10.5. The van der Waals surface area contributed by atoms with Crippen molar-refractivity contribution in [3.8, 4) is 101 Å². The van der Waals surface area contributed by atoms with E-state index in [-0.39, 0.29) is 27.9 Å². The molecule has 0 aliphatic rings. The second-order valence-corrected chi connectivity index (χ2v) is 20.3. The Bertz CT molecular complexity index is 6340. The Morgan fingerprint density at radius 1 is 0.482 bits per heavy atom. The summed E-state index contributed by atoms with van der Waals surface area (Å²) in [5, 5.41) is 1.80. The van der Waals surface area contributed by atoms with E-state index in [2.05, 4.69) is 27.1 Å². The third-order valence-corrected chi connectivity index (χ3v) is 14.0. The molecule has 14 aromatic rings. The van der Waals surface area contributed by atoms with Gasteiger partial charge in [0, 0.05) is 23.0 Å². The van der Waals surface area contributed by atoms with Crippen molar-refractivity contribution in [2.24, 2.45) is 6.98 Å². The standard InChI is InChI=1S/C78H60N4O/c1-52-34-36-56(37-35-52)60-43-59(55-24-13-8-14-25-55)46-62(47-60)68-30-18-29-67(61-44-57(53-20-9-6-10-21-53)42-58(45-61)54-22-11-7-12-23-54)76(68)71-31-19-33-73-77(71)80(5)51-81(73)64-26-17-27-65(49-64)83-66-38-39-70-69-28-15-16-32-72(69)82(74(70)50-66)75-48-63(40-41-79-75)78(2,3)4/h6-50H,1-5H3/i5D3,6D,7D,8D,9D,10D,11D,12D,13D,14D,18D,20D,21D,22D,23D,24D,25D,29D,30D,34D,35D,36D,37D,42D,43D,44D,46D,47D. The van der Waals surface area contributed by atoms with Crippen LogP contribution in [0.1, 0.15) is 73.0 Å². The van der Waals surface area contributed by atoms with E-state index in [9.17, 15) is 26.0 Å². The van der Waals surface area contributed by atoms with Crippen LogP contribution in [-0.2, 0) is 12.4 Å². The van der Waals surface area contributed by atoms with Gasteiger partial charge in [0.05, 0.1) is 75.9 Å². The van der Waals surface area contributed by atoms with E-state index in [0.29, 0.717) is 16.1 Å². The number of nitrogens with zero attached hydrogens (tertiary/aromatic N) is 4. The van der Waals surface area contributed by atoms with E-state index < -0.39 is 254 Å². The zero-order valence-corrected chi connectivity index (χ0v) is 44.6. The number of aryl methyl sites for hydroxylation is 1. The highest BCUT2D eigenvalue weighted by molar-refractivity contribution is 6.09. The number of ether oxygens (including phenoxy) is 1. The minimum absolute atomic E-state index is 0.105. The van der Waals surface area contributed by atoms with Gasteiger partial charge in [-0.1, -0.05) is 208 Å². The van der Waals surface area contributed by atoms with Gasteiger partial charge in [-0.05, 0) is 175 Å². The van der Waals surface area contributed by atoms with Crippen LogP contribution in [0.4, 0.5) is 0 Å². The third-order valence-electron chi connectivity index (χ3n) is 14.0. The molecule has 0 fully saturated rings. The van der Waals surface area contributed by atoms with Crippen molar-refractivity contribution in [1.82, 2.24) is 14.1 Å². The SMILES string of the molecule is [2H]c1c([2H])c([2H])c(-c2cc(-c3c([2H])c([2H])c([2H])c(-c4c([2H])c(-c5c([2H])c([2H])c([2H])c([2H])c5[2H])c([2H])c(-c5c([2H])c([2H])c(C)c([2H])c5[2H])c4[2H])c3-c3cccc4c3[n+](C([2H])([2H])[2H])[c-]n4-c3cccc(Oc4ccc5c6ccccc6n(-c6cc(C(C)(C)C)ccn6)c5c4)c3)c([2H])c(-c3c([2H])c([2H])c([2H])c([2H])c3[2H])c2[2H])c([2H])c1[2H]. The Labute approximate surface area is 527 Å². The zero-order chi connectivity index (χ0) is 82.2. The molecule has 3 heterocycles. The number of imidazole rings is 1. The maximum Gasteiger partial charge on any atom is 0.244 e. The summed E-state index contributed by atoms with van der Waals surface area (Å²) in [7, 11) is 0. The lowest BCUT2D eigenvalue weighted by Crippen LogP contribution is -2.26. The largest absolute Gasteiger partial charge is 0.458 e. The van der Waals surface area contributed by atoms with Crippen molar-refractivity contribution < 1.29 is 50.4 Å². The molecular formula is C78H60N4O. The first-order chi connectivity index (χ1) is 53.1. The molecule has 398 valence electrons. The van der Waals surface area contributed by atoms with Crippen LogP contribution in [0.5, 0.6) is 11.5 Å². The number of para-hydroxylation sites is 2. The van der Waals surface area contributed by atoms with Crippen LogP contribution in [0.3, 0.4) is 0 Å². The van der Waals surface area contributed by atoms with Crippen molar-refractivity contribution in [3.63, 3.8) is 0 Å². The van der Waals surface area contributed by atoms with Crippen molar-refractivity contribution >= 4 is 32.8 Å². The number of aromatic nitrogens is 4. The van der Waals surface area contributed by atoms with Gasteiger partial charge in [-0.25, -0.2) is 4.98 Å². The Balaban J connectivity index is 1.14. The van der Waals surface area contributed by atoms with Crippen molar-refractivity contribution in [1.29, 1.82) is 0 Å². The van der Waals surface area contributed by atoms with Crippen molar-refractivity contribution in [3.05, 3.63) is 290 Å². The summed E-state index contributed by atoms with van der Waals surface area (Å²) in [6.07, 6.45) is 4.68. The number of fused-ring (bicyclic) bond motifs is 4. The second-order valence-electron chi connectivity index (χ2n) is 20.3. The van der Waals surface area contributed by atoms with Crippen LogP contribution in [0, 0.1) is 13.3 Å². The lowest BCUT2D eigenvalue weighted by atomic mass is 9.84. The van der Waals surface area contributed by atoms with Crippen LogP contribution >= 0.6 is 0 Å². The average Bonchev–Trinajstić information content (AvgIpc) is 1.55. The van der Waals surface area contributed by atoms with Gasteiger partial charge in [0.2, 0.25) is 6.33 Å². The number of hydrogen-bond acceptors (Lipinski definition) is 2. The Kier molecular flexibility index (Phi) is 7.04. The summed E-state index contributed by atoms with van der Waals surface area (Å²) in [6, 6.07) is 1.30. The normalized spacial score (nSPS) is 16.9. The molecule has 5 heteroatoms. The lowest BCUT2D eigenvalue weighted by molar-refractivity contribution is -0.649. The van der Waals surface area contributed by atoms with Crippen LogP contribution in [0.15, 0.2) is 272 Å². The number of hydrogen-bond donors (Lipinski definition) is 0. The zero-order valence-electron chi connectivity index (χ0n) is 74.6. The molecule has 0 radical (unpaired) electrons. The molecule has 0 amide bonds. The van der Waals surface area contributed by atoms with Gasteiger partial charge in [0.25, 0.3) is 0 Å². The summed E-state index contributed by atoms with van der Waals surface area (Å²) in [4.78, 5) is 4.80.